The van der Waals surface area contributed by atoms with Gasteiger partial charge in [0.2, 0.25) is 0 Å². The van der Waals surface area contributed by atoms with Crippen molar-refractivity contribution in [2.45, 2.75) is 72.3 Å². The second-order valence-electron chi connectivity index (χ2n) is 9.28. The molecule has 0 N–H and O–H groups in total. The Hall–Kier alpha value is -1.27. The van der Waals surface area contributed by atoms with E-state index in [9.17, 15) is 0 Å². The van der Waals surface area contributed by atoms with Crippen molar-refractivity contribution in [3.8, 4) is 12.3 Å². The van der Waals surface area contributed by atoms with Gasteiger partial charge in [0.1, 0.15) is 0 Å². The maximum absolute atomic E-state index is 5.95. The van der Waals surface area contributed by atoms with Crippen LogP contribution in [0.3, 0.4) is 0 Å². The van der Waals surface area contributed by atoms with Crippen LogP contribution in [0.25, 0.3) is 0 Å². The first kappa shape index (κ1) is 20.5. The van der Waals surface area contributed by atoms with Gasteiger partial charge < -0.3 is 0 Å². The van der Waals surface area contributed by atoms with Gasteiger partial charge in [-0.15, -0.1) is 6.42 Å². The van der Waals surface area contributed by atoms with Crippen molar-refractivity contribution in [3.63, 3.8) is 0 Å². The first-order valence-electron chi connectivity index (χ1n) is 11.1. The van der Waals surface area contributed by atoms with E-state index in [1.807, 2.05) is 0 Å². The quantitative estimate of drug-likeness (QED) is 0.377. The molecule has 0 amide bonds. The van der Waals surface area contributed by atoms with Gasteiger partial charge in [0.05, 0.1) is 12.2 Å². The van der Waals surface area contributed by atoms with Crippen molar-refractivity contribution >= 4 is 6.21 Å². The number of nitrogens with zero attached hydrogens (tertiary/aromatic N) is 3. The fraction of sp³-hybridized carbons (Fsp3) is 0.792. The van der Waals surface area contributed by atoms with Gasteiger partial charge in [0.15, 0.2) is 0 Å². The molecule has 3 fully saturated rings. The van der Waals surface area contributed by atoms with E-state index in [2.05, 4.69) is 68.8 Å². The zero-order valence-electron chi connectivity index (χ0n) is 18.1. The molecule has 0 aromatic heterocycles. The molecule has 3 nitrogen and oxygen atoms in total. The van der Waals surface area contributed by atoms with E-state index in [4.69, 9.17) is 11.5 Å². The average Bonchev–Trinajstić information content (AvgIpc) is 2.61. The molecule has 3 heteroatoms. The van der Waals surface area contributed by atoms with Gasteiger partial charge in [-0.3, -0.25) is 9.91 Å². The van der Waals surface area contributed by atoms with E-state index in [1.165, 1.54) is 19.3 Å². The number of hydrogen-bond acceptors (Lipinski definition) is 3. The van der Waals surface area contributed by atoms with E-state index in [0.717, 1.165) is 56.3 Å². The molecule has 0 radical (unpaired) electrons. The SMILES string of the molecule is C#CC(C)(C/C=C\C)CN(CCC)CN1N=CC2C3C(CC)C2C31CCC. The van der Waals surface area contributed by atoms with Gasteiger partial charge in [-0.05, 0) is 57.4 Å². The Morgan fingerprint density at radius 3 is 2.59 bits per heavy atom. The second kappa shape index (κ2) is 8.00. The van der Waals surface area contributed by atoms with Crippen molar-refractivity contribution in [1.29, 1.82) is 0 Å². The highest BCUT2D eigenvalue weighted by molar-refractivity contribution is 5.70. The van der Waals surface area contributed by atoms with Crippen LogP contribution in [0.2, 0.25) is 0 Å². The van der Waals surface area contributed by atoms with Gasteiger partial charge in [0, 0.05) is 24.1 Å². The summed E-state index contributed by atoms with van der Waals surface area (Å²) >= 11 is 0. The summed E-state index contributed by atoms with van der Waals surface area (Å²) in [6.07, 6.45) is 18.5. The normalized spacial score (nSPS) is 35.7. The third-order valence-corrected chi connectivity index (χ3v) is 7.49. The number of hydrogen-bond donors (Lipinski definition) is 0. The Morgan fingerprint density at radius 2 is 2.04 bits per heavy atom. The van der Waals surface area contributed by atoms with Crippen LogP contribution < -0.4 is 0 Å². The number of allylic oxidation sites excluding steroid dienone is 2. The minimum absolute atomic E-state index is 0.115. The summed E-state index contributed by atoms with van der Waals surface area (Å²) in [6.45, 7) is 14.2. The summed E-state index contributed by atoms with van der Waals surface area (Å²) in [5, 5.41) is 7.41. The molecule has 150 valence electrons. The summed E-state index contributed by atoms with van der Waals surface area (Å²) < 4.78 is 0. The van der Waals surface area contributed by atoms with E-state index < -0.39 is 0 Å². The number of hydrazone groups is 1. The lowest BCUT2D eigenvalue weighted by Gasteiger charge is -2.81. The number of terminal acetylenes is 1. The lowest BCUT2D eigenvalue weighted by atomic mass is 9.29. The van der Waals surface area contributed by atoms with Crippen LogP contribution in [-0.4, -0.2) is 41.4 Å². The molecular formula is C24H39N3. The standard InChI is InChI=1S/C24H39N3/c1-7-12-14-23(6,11-5)17-26(15-9-3)18-27-24(13-8-2)21-19(10-4)22(24)20(21)16-25-27/h5,7,12,16,19-22H,8-10,13-15,17-18H2,1-4,6H3/b12-7-. The van der Waals surface area contributed by atoms with Gasteiger partial charge >= 0.3 is 0 Å². The molecule has 3 aliphatic carbocycles. The van der Waals surface area contributed by atoms with Gasteiger partial charge in [-0.2, -0.15) is 5.10 Å². The minimum atomic E-state index is -0.115. The second-order valence-corrected chi connectivity index (χ2v) is 9.28. The molecular weight excluding hydrogens is 330 g/mol. The fourth-order valence-electron chi connectivity index (χ4n) is 6.34. The van der Waals surface area contributed by atoms with Crippen LogP contribution in [0, 0.1) is 41.4 Å². The highest BCUT2D eigenvalue weighted by atomic mass is 15.6. The third-order valence-electron chi connectivity index (χ3n) is 7.49. The van der Waals surface area contributed by atoms with Crippen molar-refractivity contribution in [2.75, 3.05) is 19.8 Å². The summed E-state index contributed by atoms with van der Waals surface area (Å²) in [4.78, 5) is 2.55. The predicted molar refractivity (Wildman–Crippen MR) is 115 cm³/mol. The molecule has 0 spiro atoms. The molecule has 5 aliphatic rings. The first-order chi connectivity index (χ1) is 13.0. The largest absolute Gasteiger partial charge is 0.283 e. The van der Waals surface area contributed by atoms with E-state index in [0.29, 0.717) is 5.54 Å². The molecule has 3 atom stereocenters. The summed E-state index contributed by atoms with van der Waals surface area (Å²) in [7, 11) is 0. The molecule has 3 saturated carbocycles. The number of fused-ring (bicyclic) bond motifs is 1. The van der Waals surface area contributed by atoms with E-state index >= 15 is 0 Å². The lowest BCUT2D eigenvalue weighted by Crippen LogP contribution is -2.86. The smallest absolute Gasteiger partial charge is 0.0886 e. The van der Waals surface area contributed by atoms with Gasteiger partial charge in [-0.25, -0.2) is 0 Å². The van der Waals surface area contributed by atoms with Crippen molar-refractivity contribution in [3.05, 3.63) is 12.2 Å². The van der Waals surface area contributed by atoms with Crippen LogP contribution in [0.4, 0.5) is 0 Å². The Labute approximate surface area is 167 Å². The van der Waals surface area contributed by atoms with Crippen LogP contribution in [0.1, 0.15) is 66.7 Å². The van der Waals surface area contributed by atoms with Crippen LogP contribution in [0.15, 0.2) is 17.3 Å². The fourth-order valence-corrected chi connectivity index (χ4v) is 6.34. The van der Waals surface area contributed by atoms with Crippen molar-refractivity contribution in [1.82, 2.24) is 9.91 Å². The zero-order chi connectivity index (χ0) is 19.7. The lowest BCUT2D eigenvalue weighted by molar-refractivity contribution is -0.306. The first-order valence-corrected chi connectivity index (χ1v) is 11.1. The van der Waals surface area contributed by atoms with Gasteiger partial charge in [0.25, 0.3) is 0 Å². The number of rotatable bonds is 11. The minimum Gasteiger partial charge on any atom is -0.283 e. The molecule has 0 aromatic rings. The Bertz CT molecular complexity index is 604. The monoisotopic (exact) mass is 369 g/mol. The maximum atomic E-state index is 5.95. The topological polar surface area (TPSA) is 18.8 Å². The van der Waals surface area contributed by atoms with E-state index in [-0.39, 0.29) is 5.41 Å². The molecule has 27 heavy (non-hydrogen) atoms. The molecule has 0 saturated heterocycles. The van der Waals surface area contributed by atoms with Crippen LogP contribution in [0.5, 0.6) is 0 Å². The molecule has 0 aromatic carbocycles. The Kier molecular flexibility index (Phi) is 6.06. The summed E-state index contributed by atoms with van der Waals surface area (Å²) in [5.41, 5.74) is 0.229. The zero-order valence-corrected chi connectivity index (χ0v) is 18.1. The summed E-state index contributed by atoms with van der Waals surface area (Å²) in [5.74, 6) is 6.46. The highest BCUT2D eigenvalue weighted by Crippen LogP contribution is 2.75. The Balaban J connectivity index is 1.73. The highest BCUT2D eigenvalue weighted by Gasteiger charge is 2.79. The van der Waals surface area contributed by atoms with Crippen LogP contribution in [-0.2, 0) is 0 Å². The average molecular weight is 370 g/mol. The predicted octanol–water partition coefficient (Wildman–Crippen LogP) is 5.00. The molecule has 2 heterocycles. The summed E-state index contributed by atoms with van der Waals surface area (Å²) in [6, 6.07) is 0. The maximum Gasteiger partial charge on any atom is 0.0886 e. The van der Waals surface area contributed by atoms with E-state index in [1.54, 1.807) is 0 Å². The van der Waals surface area contributed by atoms with Crippen molar-refractivity contribution < 1.29 is 0 Å². The Morgan fingerprint density at radius 1 is 1.30 bits per heavy atom. The molecule has 4 bridgehead atoms. The molecule has 3 unspecified atom stereocenters. The molecule has 2 aliphatic heterocycles. The molecule has 5 rings (SSSR count). The van der Waals surface area contributed by atoms with Gasteiger partial charge in [-0.1, -0.05) is 51.7 Å². The van der Waals surface area contributed by atoms with Crippen molar-refractivity contribution in [2.24, 2.45) is 34.2 Å². The third kappa shape index (κ3) is 3.15. The van der Waals surface area contributed by atoms with Crippen LogP contribution >= 0.6 is 0 Å².